The number of fused-ring (bicyclic) bond motifs is 1. The van der Waals surface area contributed by atoms with E-state index in [9.17, 15) is 5.11 Å². The number of hydrogen-bond donors (Lipinski definition) is 2. The highest BCUT2D eigenvalue weighted by atomic mass is 35.5. The lowest BCUT2D eigenvalue weighted by Crippen LogP contribution is -2.22. The van der Waals surface area contributed by atoms with Crippen molar-refractivity contribution in [1.29, 1.82) is 0 Å². The van der Waals surface area contributed by atoms with E-state index in [4.69, 9.17) is 11.6 Å². The maximum atomic E-state index is 9.83. The molecule has 0 aliphatic heterocycles. The fraction of sp³-hybridized carbons (Fsp3) is 0.385. The average Bonchev–Trinajstić information content (AvgIpc) is 2.94. The molecule has 0 bridgehead atoms. The van der Waals surface area contributed by atoms with Crippen LogP contribution in [0.25, 0.3) is 10.9 Å². The lowest BCUT2D eigenvalue weighted by Gasteiger charge is -2.16. The highest BCUT2D eigenvalue weighted by Crippen LogP contribution is 2.51. The van der Waals surface area contributed by atoms with Gasteiger partial charge in [0.2, 0.25) is 0 Å². The van der Waals surface area contributed by atoms with Crippen molar-refractivity contribution in [3.63, 3.8) is 0 Å². The predicted octanol–water partition coefficient (Wildman–Crippen LogP) is 3.23. The van der Waals surface area contributed by atoms with E-state index >= 15 is 0 Å². The zero-order valence-electron chi connectivity index (χ0n) is 9.13. The second kappa shape index (κ2) is 3.25. The Balaban J connectivity index is 2.12. The number of rotatable bonds is 2. The summed E-state index contributed by atoms with van der Waals surface area (Å²) < 4.78 is 0. The molecule has 1 fully saturated rings. The summed E-state index contributed by atoms with van der Waals surface area (Å²) in [6.45, 7) is 1.87. The van der Waals surface area contributed by atoms with Gasteiger partial charge in [-0.2, -0.15) is 0 Å². The minimum Gasteiger partial charge on any atom is -0.392 e. The van der Waals surface area contributed by atoms with Crippen LogP contribution in [0.3, 0.4) is 0 Å². The Kier molecular flexibility index (Phi) is 2.07. The lowest BCUT2D eigenvalue weighted by molar-refractivity contribution is 0.149. The topological polar surface area (TPSA) is 36.0 Å². The molecular weight excluding hydrogens is 222 g/mol. The van der Waals surface area contributed by atoms with Crippen molar-refractivity contribution in [2.45, 2.75) is 31.3 Å². The van der Waals surface area contributed by atoms with Crippen LogP contribution in [0.2, 0.25) is 5.02 Å². The number of halogens is 1. The van der Waals surface area contributed by atoms with Crippen molar-refractivity contribution in [1.82, 2.24) is 4.98 Å². The normalized spacial score (nSPS) is 19.9. The molecule has 1 aromatic carbocycles. The van der Waals surface area contributed by atoms with E-state index in [0.29, 0.717) is 0 Å². The van der Waals surface area contributed by atoms with E-state index in [1.54, 1.807) is 0 Å². The Hall–Kier alpha value is -0.990. The van der Waals surface area contributed by atoms with Crippen LogP contribution in [-0.4, -0.2) is 16.2 Å². The number of H-pyrrole nitrogens is 1. The number of nitrogens with one attached hydrogen (secondary N) is 1. The van der Waals surface area contributed by atoms with Crippen molar-refractivity contribution in [3.8, 4) is 0 Å². The molecule has 3 heteroatoms. The summed E-state index contributed by atoms with van der Waals surface area (Å²) in [7, 11) is 0. The second-order valence-corrected chi connectivity index (χ2v) is 5.18. The molecule has 1 atom stereocenters. The Morgan fingerprint density at radius 3 is 2.75 bits per heavy atom. The van der Waals surface area contributed by atoms with E-state index in [0.717, 1.165) is 34.5 Å². The van der Waals surface area contributed by atoms with Crippen LogP contribution in [0.4, 0.5) is 0 Å². The van der Waals surface area contributed by atoms with E-state index in [2.05, 4.69) is 11.1 Å². The molecule has 3 rings (SSSR count). The molecular formula is C13H14ClNO. The second-order valence-electron chi connectivity index (χ2n) is 4.75. The van der Waals surface area contributed by atoms with Gasteiger partial charge >= 0.3 is 0 Å². The summed E-state index contributed by atoms with van der Waals surface area (Å²) in [6.07, 6.45) is 1.83. The number of benzene rings is 1. The van der Waals surface area contributed by atoms with Gasteiger partial charge in [-0.25, -0.2) is 0 Å². The summed E-state index contributed by atoms with van der Waals surface area (Å²) >= 11 is 5.96. The molecule has 1 aromatic heterocycles. The van der Waals surface area contributed by atoms with Crippen LogP contribution in [0.1, 0.15) is 25.5 Å². The van der Waals surface area contributed by atoms with Gasteiger partial charge in [-0.3, -0.25) is 0 Å². The molecule has 84 valence electrons. The first-order valence-corrected chi connectivity index (χ1v) is 5.96. The summed E-state index contributed by atoms with van der Waals surface area (Å²) in [5, 5.41) is 11.7. The lowest BCUT2D eigenvalue weighted by atomic mass is 9.96. The number of aliphatic hydroxyl groups is 1. The fourth-order valence-electron chi connectivity index (χ4n) is 2.42. The molecule has 1 unspecified atom stereocenters. The van der Waals surface area contributed by atoms with E-state index in [1.807, 2.05) is 25.1 Å². The molecule has 16 heavy (non-hydrogen) atoms. The van der Waals surface area contributed by atoms with Gasteiger partial charge in [-0.15, -0.1) is 0 Å². The molecule has 1 aliphatic carbocycles. The first-order chi connectivity index (χ1) is 7.62. The van der Waals surface area contributed by atoms with Crippen LogP contribution in [0, 0.1) is 0 Å². The summed E-state index contributed by atoms with van der Waals surface area (Å²) in [5.74, 6) is 0. The monoisotopic (exact) mass is 235 g/mol. The predicted molar refractivity (Wildman–Crippen MR) is 65.9 cm³/mol. The number of hydrogen-bond acceptors (Lipinski definition) is 1. The minimum atomic E-state index is -0.295. The third-order valence-electron chi connectivity index (χ3n) is 3.71. The SMILES string of the molecule is CC(O)C1(c2cc3cc(Cl)ccc3[nH]2)CC1. The molecule has 0 amide bonds. The fourth-order valence-corrected chi connectivity index (χ4v) is 2.60. The first kappa shape index (κ1) is 10.2. The quantitative estimate of drug-likeness (QED) is 0.824. The summed E-state index contributed by atoms with van der Waals surface area (Å²) in [4.78, 5) is 3.39. The summed E-state index contributed by atoms with van der Waals surface area (Å²) in [6, 6.07) is 7.93. The highest BCUT2D eigenvalue weighted by molar-refractivity contribution is 6.31. The molecule has 2 nitrogen and oxygen atoms in total. The van der Waals surface area contributed by atoms with Crippen molar-refractivity contribution in [3.05, 3.63) is 35.0 Å². The van der Waals surface area contributed by atoms with Gasteiger partial charge in [0, 0.05) is 27.0 Å². The van der Waals surface area contributed by atoms with Crippen molar-refractivity contribution < 1.29 is 5.11 Å². The third-order valence-corrected chi connectivity index (χ3v) is 3.94. The van der Waals surface area contributed by atoms with Crippen molar-refractivity contribution in [2.24, 2.45) is 0 Å². The third kappa shape index (κ3) is 1.37. The van der Waals surface area contributed by atoms with Crippen molar-refractivity contribution in [2.75, 3.05) is 0 Å². The van der Waals surface area contributed by atoms with Gasteiger partial charge in [-0.05, 0) is 44.0 Å². The molecule has 1 heterocycles. The Morgan fingerprint density at radius 1 is 1.38 bits per heavy atom. The number of aliphatic hydroxyl groups excluding tert-OH is 1. The van der Waals surface area contributed by atoms with E-state index < -0.39 is 0 Å². The summed E-state index contributed by atoms with van der Waals surface area (Å²) in [5.41, 5.74) is 2.19. The highest BCUT2D eigenvalue weighted by Gasteiger charge is 2.49. The van der Waals surface area contributed by atoms with Crippen LogP contribution >= 0.6 is 11.6 Å². The average molecular weight is 236 g/mol. The standard InChI is InChI=1S/C13H14ClNO/c1-8(16)13(4-5-13)12-7-9-6-10(14)2-3-11(9)15-12/h2-3,6-8,15-16H,4-5H2,1H3. The maximum Gasteiger partial charge on any atom is 0.0623 e. The van der Waals surface area contributed by atoms with E-state index in [-0.39, 0.29) is 11.5 Å². The van der Waals surface area contributed by atoms with Gasteiger partial charge in [0.1, 0.15) is 0 Å². The molecule has 0 saturated heterocycles. The van der Waals surface area contributed by atoms with Crippen LogP contribution in [-0.2, 0) is 5.41 Å². The van der Waals surface area contributed by atoms with Gasteiger partial charge in [0.05, 0.1) is 6.10 Å². The Bertz CT molecular complexity index is 540. The number of aromatic nitrogens is 1. The van der Waals surface area contributed by atoms with Crippen LogP contribution in [0.5, 0.6) is 0 Å². The smallest absolute Gasteiger partial charge is 0.0623 e. The molecule has 2 N–H and O–H groups in total. The largest absolute Gasteiger partial charge is 0.392 e. The molecule has 1 saturated carbocycles. The van der Waals surface area contributed by atoms with Gasteiger partial charge in [0.15, 0.2) is 0 Å². The molecule has 1 aliphatic rings. The molecule has 0 radical (unpaired) electrons. The zero-order chi connectivity index (χ0) is 11.3. The van der Waals surface area contributed by atoms with Crippen LogP contribution in [0.15, 0.2) is 24.3 Å². The molecule has 0 spiro atoms. The van der Waals surface area contributed by atoms with Crippen LogP contribution < -0.4 is 0 Å². The van der Waals surface area contributed by atoms with Gasteiger partial charge in [0.25, 0.3) is 0 Å². The Morgan fingerprint density at radius 2 is 2.12 bits per heavy atom. The maximum absolute atomic E-state index is 9.83. The van der Waals surface area contributed by atoms with E-state index in [1.165, 1.54) is 0 Å². The molecule has 2 aromatic rings. The van der Waals surface area contributed by atoms with Gasteiger partial charge < -0.3 is 10.1 Å². The Labute approximate surface area is 99.2 Å². The number of aromatic amines is 1. The first-order valence-electron chi connectivity index (χ1n) is 5.59. The van der Waals surface area contributed by atoms with Gasteiger partial charge in [-0.1, -0.05) is 11.6 Å². The minimum absolute atomic E-state index is 0.0362. The van der Waals surface area contributed by atoms with Crippen molar-refractivity contribution >= 4 is 22.5 Å². The zero-order valence-corrected chi connectivity index (χ0v) is 9.88.